The van der Waals surface area contributed by atoms with Gasteiger partial charge in [0.1, 0.15) is 5.70 Å². The van der Waals surface area contributed by atoms with Crippen molar-refractivity contribution in [3.05, 3.63) is 90.1 Å². The number of piperidine rings is 1. The van der Waals surface area contributed by atoms with E-state index in [4.69, 9.17) is 0 Å². The fourth-order valence-corrected chi connectivity index (χ4v) is 4.72. The summed E-state index contributed by atoms with van der Waals surface area (Å²) in [4.78, 5) is 32.9. The van der Waals surface area contributed by atoms with Crippen molar-refractivity contribution in [2.24, 2.45) is 0 Å². The molecule has 0 atom stereocenters. The van der Waals surface area contributed by atoms with Crippen molar-refractivity contribution < 1.29 is 9.59 Å². The van der Waals surface area contributed by atoms with Gasteiger partial charge in [0, 0.05) is 44.2 Å². The molecule has 1 N–H and O–H groups in total. The number of imide groups is 1. The van der Waals surface area contributed by atoms with Gasteiger partial charge in [-0.15, -0.1) is 0 Å². The van der Waals surface area contributed by atoms with Crippen LogP contribution in [0.3, 0.4) is 0 Å². The molecule has 6 heteroatoms. The van der Waals surface area contributed by atoms with Gasteiger partial charge in [0.25, 0.3) is 11.8 Å². The molecule has 178 valence electrons. The van der Waals surface area contributed by atoms with Gasteiger partial charge >= 0.3 is 0 Å². The summed E-state index contributed by atoms with van der Waals surface area (Å²) in [5, 5.41) is 3.28. The molecule has 2 heterocycles. The van der Waals surface area contributed by atoms with Crippen LogP contribution in [-0.4, -0.2) is 39.0 Å². The van der Waals surface area contributed by atoms with E-state index in [0.717, 1.165) is 24.5 Å². The van der Waals surface area contributed by atoms with E-state index < -0.39 is 0 Å². The SMILES string of the molecule is CN(C)c1cccc(N2C(=O)C(Nc3ccc(N4CCCCC4)cc3)=C(c3ccccc3)C2=O)c1. The first-order valence-corrected chi connectivity index (χ1v) is 12.1. The van der Waals surface area contributed by atoms with Gasteiger partial charge < -0.3 is 15.1 Å². The van der Waals surface area contributed by atoms with Crippen LogP contribution >= 0.6 is 0 Å². The second-order valence-electron chi connectivity index (χ2n) is 9.20. The Hall–Kier alpha value is -4.06. The number of benzene rings is 3. The molecule has 6 nitrogen and oxygen atoms in total. The topological polar surface area (TPSA) is 55.9 Å². The summed E-state index contributed by atoms with van der Waals surface area (Å²) in [7, 11) is 3.86. The van der Waals surface area contributed by atoms with Crippen LogP contribution in [0.25, 0.3) is 5.57 Å². The third-order valence-electron chi connectivity index (χ3n) is 6.61. The van der Waals surface area contributed by atoms with Crippen LogP contribution in [0.1, 0.15) is 24.8 Å². The van der Waals surface area contributed by atoms with Crippen LogP contribution < -0.4 is 20.0 Å². The molecule has 35 heavy (non-hydrogen) atoms. The molecule has 1 saturated heterocycles. The first-order valence-electron chi connectivity index (χ1n) is 12.1. The fraction of sp³-hybridized carbons (Fsp3) is 0.241. The predicted octanol–water partition coefficient (Wildman–Crippen LogP) is 5.14. The Kier molecular flexibility index (Phi) is 6.27. The van der Waals surface area contributed by atoms with E-state index in [-0.39, 0.29) is 11.8 Å². The van der Waals surface area contributed by atoms with Crippen LogP contribution in [0.15, 0.2) is 84.6 Å². The van der Waals surface area contributed by atoms with Crippen molar-refractivity contribution in [3.8, 4) is 0 Å². The second kappa shape index (κ2) is 9.66. The van der Waals surface area contributed by atoms with Gasteiger partial charge in [-0.2, -0.15) is 0 Å². The zero-order chi connectivity index (χ0) is 24.4. The van der Waals surface area contributed by atoms with E-state index in [1.54, 1.807) is 6.07 Å². The molecule has 0 unspecified atom stereocenters. The number of nitrogens with one attached hydrogen (secondary N) is 1. The van der Waals surface area contributed by atoms with Gasteiger partial charge in [0.2, 0.25) is 0 Å². The van der Waals surface area contributed by atoms with Crippen LogP contribution in [0.5, 0.6) is 0 Å². The molecular formula is C29H30N4O2. The molecule has 3 aromatic carbocycles. The fourth-order valence-electron chi connectivity index (χ4n) is 4.72. The number of carbonyl (C=O) groups is 2. The third kappa shape index (κ3) is 4.52. The molecule has 1 fully saturated rings. The Labute approximate surface area is 206 Å². The number of carbonyl (C=O) groups excluding carboxylic acids is 2. The summed E-state index contributed by atoms with van der Waals surface area (Å²) in [5.41, 5.74) is 4.82. The van der Waals surface area contributed by atoms with E-state index in [9.17, 15) is 9.59 Å². The highest BCUT2D eigenvalue weighted by molar-refractivity contribution is 6.46. The van der Waals surface area contributed by atoms with Gasteiger partial charge in [-0.3, -0.25) is 9.59 Å². The quantitative estimate of drug-likeness (QED) is 0.510. The lowest BCUT2D eigenvalue weighted by Gasteiger charge is -2.28. The number of amides is 2. The van der Waals surface area contributed by atoms with Crippen LogP contribution in [0.2, 0.25) is 0 Å². The molecule has 0 radical (unpaired) electrons. The lowest BCUT2D eigenvalue weighted by atomic mass is 10.0. The number of hydrogen-bond donors (Lipinski definition) is 1. The Balaban J connectivity index is 1.49. The Morgan fingerprint density at radius 2 is 1.46 bits per heavy atom. The molecule has 2 aliphatic rings. The van der Waals surface area contributed by atoms with Gasteiger partial charge in [0.05, 0.1) is 11.3 Å². The Morgan fingerprint density at radius 1 is 0.743 bits per heavy atom. The average Bonchev–Trinajstić information content (AvgIpc) is 3.14. The lowest BCUT2D eigenvalue weighted by molar-refractivity contribution is -0.120. The Bertz CT molecular complexity index is 1260. The van der Waals surface area contributed by atoms with Gasteiger partial charge in [0.15, 0.2) is 0 Å². The minimum atomic E-state index is -0.357. The standard InChI is InChI=1S/C29H30N4O2/c1-31(2)24-12-9-13-25(20-24)33-28(34)26(21-10-5-3-6-11-21)27(29(33)35)30-22-14-16-23(17-15-22)32-18-7-4-8-19-32/h3,5-6,9-17,20,30H,4,7-8,18-19H2,1-2H3. The van der Waals surface area contributed by atoms with Crippen molar-refractivity contribution >= 4 is 40.1 Å². The van der Waals surface area contributed by atoms with Gasteiger partial charge in [-0.05, 0) is 67.3 Å². The normalized spacial score (nSPS) is 16.2. The molecule has 0 spiro atoms. The van der Waals surface area contributed by atoms with Crippen LogP contribution in [0, 0.1) is 0 Å². The molecule has 0 saturated carbocycles. The highest BCUT2D eigenvalue weighted by atomic mass is 16.2. The molecular weight excluding hydrogens is 436 g/mol. The summed E-state index contributed by atoms with van der Waals surface area (Å²) in [6.45, 7) is 2.15. The molecule has 5 rings (SSSR count). The van der Waals surface area contributed by atoms with Crippen molar-refractivity contribution in [3.63, 3.8) is 0 Å². The zero-order valence-corrected chi connectivity index (χ0v) is 20.2. The maximum Gasteiger partial charge on any atom is 0.282 e. The van der Waals surface area contributed by atoms with Crippen molar-refractivity contribution in [2.75, 3.05) is 47.2 Å². The van der Waals surface area contributed by atoms with E-state index in [0.29, 0.717) is 22.5 Å². The average molecular weight is 467 g/mol. The van der Waals surface area contributed by atoms with E-state index in [1.165, 1.54) is 29.8 Å². The third-order valence-corrected chi connectivity index (χ3v) is 6.61. The molecule has 0 bridgehead atoms. The molecule has 2 aliphatic heterocycles. The van der Waals surface area contributed by atoms with Gasteiger partial charge in [-0.1, -0.05) is 36.4 Å². The number of hydrogen-bond acceptors (Lipinski definition) is 5. The van der Waals surface area contributed by atoms with Crippen molar-refractivity contribution in [1.29, 1.82) is 0 Å². The van der Waals surface area contributed by atoms with Gasteiger partial charge in [-0.25, -0.2) is 4.90 Å². The van der Waals surface area contributed by atoms with Crippen LogP contribution in [-0.2, 0) is 9.59 Å². The maximum atomic E-state index is 13.7. The highest BCUT2D eigenvalue weighted by Crippen LogP contribution is 2.35. The molecule has 3 aromatic rings. The predicted molar refractivity (Wildman–Crippen MR) is 143 cm³/mol. The van der Waals surface area contributed by atoms with E-state index >= 15 is 0 Å². The monoisotopic (exact) mass is 466 g/mol. The molecule has 0 aliphatic carbocycles. The minimum Gasteiger partial charge on any atom is -0.378 e. The zero-order valence-electron chi connectivity index (χ0n) is 20.2. The number of anilines is 4. The van der Waals surface area contributed by atoms with E-state index in [1.807, 2.05) is 79.7 Å². The maximum absolute atomic E-state index is 13.7. The summed E-state index contributed by atoms with van der Waals surface area (Å²) in [6.07, 6.45) is 3.72. The number of rotatable bonds is 6. The summed E-state index contributed by atoms with van der Waals surface area (Å²) in [6, 6.07) is 24.9. The summed E-state index contributed by atoms with van der Waals surface area (Å²) >= 11 is 0. The second-order valence-corrected chi connectivity index (χ2v) is 9.20. The van der Waals surface area contributed by atoms with E-state index in [2.05, 4.69) is 22.3 Å². The number of nitrogens with zero attached hydrogens (tertiary/aromatic N) is 3. The first-order chi connectivity index (χ1) is 17.0. The highest BCUT2D eigenvalue weighted by Gasteiger charge is 2.40. The molecule has 2 amide bonds. The summed E-state index contributed by atoms with van der Waals surface area (Å²) < 4.78 is 0. The van der Waals surface area contributed by atoms with Crippen LogP contribution in [0.4, 0.5) is 22.7 Å². The minimum absolute atomic E-state index is 0.294. The first kappa shape index (κ1) is 22.7. The Morgan fingerprint density at radius 3 is 2.14 bits per heavy atom. The largest absolute Gasteiger partial charge is 0.378 e. The van der Waals surface area contributed by atoms with Crippen molar-refractivity contribution in [2.45, 2.75) is 19.3 Å². The molecule has 0 aromatic heterocycles. The van der Waals surface area contributed by atoms with Crippen molar-refractivity contribution in [1.82, 2.24) is 0 Å². The smallest absolute Gasteiger partial charge is 0.282 e. The summed E-state index contributed by atoms with van der Waals surface area (Å²) in [5.74, 6) is -0.686. The lowest BCUT2D eigenvalue weighted by Crippen LogP contribution is -2.32.